The van der Waals surface area contributed by atoms with Crippen LogP contribution in [0.3, 0.4) is 0 Å². The lowest BCUT2D eigenvalue weighted by molar-refractivity contribution is -0.940. The van der Waals surface area contributed by atoms with Crippen LogP contribution in [-0.2, 0) is 17.5 Å². The smallest absolute Gasteiger partial charge is 0.419 e. The number of hydrogen-bond acceptors (Lipinski definition) is 3. The Hall–Kier alpha value is -2.06. The van der Waals surface area contributed by atoms with Crippen LogP contribution in [0.25, 0.3) is 0 Å². The molecule has 1 aliphatic heterocycles. The molecule has 0 unspecified atom stereocenters. The van der Waals surface area contributed by atoms with Gasteiger partial charge in [-0.1, -0.05) is 36.4 Å². The van der Waals surface area contributed by atoms with E-state index >= 15 is 0 Å². The molecule has 0 aromatic heterocycles. The number of methoxy groups -OCH3 is 1. The summed E-state index contributed by atoms with van der Waals surface area (Å²) in [7, 11) is 1.14. The summed E-state index contributed by atoms with van der Waals surface area (Å²) < 4.78 is 51.8. The standard InChI is InChI=1S/C24H29F3NO3.BrH/c1-30-23(29)20-12-9-13-21(24(25,26)27)22(20)31-17-16-28(14-7-2-3-8-15-28)18-19-10-5-4-6-11-19;/h4-6,9-13H,2-3,7-8,14-18H2,1H3;1H/q+1;/p-1. The van der Waals surface area contributed by atoms with Gasteiger partial charge in [0.25, 0.3) is 0 Å². The van der Waals surface area contributed by atoms with Gasteiger partial charge in [-0.3, -0.25) is 0 Å². The van der Waals surface area contributed by atoms with Crippen molar-refractivity contribution in [2.75, 3.05) is 33.4 Å². The Morgan fingerprint density at radius 1 is 0.969 bits per heavy atom. The molecule has 0 bridgehead atoms. The summed E-state index contributed by atoms with van der Waals surface area (Å²) in [5.74, 6) is -1.29. The second-order valence-corrected chi connectivity index (χ2v) is 8.09. The van der Waals surface area contributed by atoms with Crippen LogP contribution in [0.4, 0.5) is 13.2 Å². The summed E-state index contributed by atoms with van der Waals surface area (Å²) in [6, 6.07) is 13.6. The van der Waals surface area contributed by atoms with Crippen molar-refractivity contribution in [3.05, 3.63) is 65.2 Å². The van der Waals surface area contributed by atoms with E-state index in [1.165, 1.54) is 30.5 Å². The third-order valence-electron chi connectivity index (χ3n) is 5.91. The maximum absolute atomic E-state index is 13.6. The van der Waals surface area contributed by atoms with Crippen LogP contribution in [0, 0.1) is 0 Å². The maximum atomic E-state index is 13.6. The Morgan fingerprint density at radius 3 is 2.22 bits per heavy atom. The third kappa shape index (κ3) is 6.72. The summed E-state index contributed by atoms with van der Waals surface area (Å²) in [6.45, 7) is 3.40. The Kier molecular flexibility index (Phi) is 9.58. The number of halogens is 4. The van der Waals surface area contributed by atoms with Crippen molar-refractivity contribution < 1.29 is 48.9 Å². The van der Waals surface area contributed by atoms with E-state index in [1.807, 2.05) is 18.2 Å². The summed E-state index contributed by atoms with van der Waals surface area (Å²) in [5.41, 5.74) is 0.0408. The Morgan fingerprint density at radius 2 is 1.62 bits per heavy atom. The fourth-order valence-electron chi connectivity index (χ4n) is 4.32. The third-order valence-corrected chi connectivity index (χ3v) is 5.91. The van der Waals surface area contributed by atoms with E-state index in [1.54, 1.807) is 0 Å². The predicted octanol–water partition coefficient (Wildman–Crippen LogP) is 2.47. The van der Waals surface area contributed by atoms with Crippen molar-refractivity contribution in [3.8, 4) is 5.75 Å². The molecule has 4 nitrogen and oxygen atoms in total. The van der Waals surface area contributed by atoms with E-state index in [-0.39, 0.29) is 29.2 Å². The number of carbonyl (C=O) groups excluding carboxylic acids is 1. The molecule has 0 aliphatic carbocycles. The molecule has 0 amide bonds. The highest BCUT2D eigenvalue weighted by Gasteiger charge is 2.37. The van der Waals surface area contributed by atoms with Gasteiger partial charge in [-0.2, -0.15) is 13.2 Å². The van der Waals surface area contributed by atoms with Gasteiger partial charge in [0.15, 0.2) is 0 Å². The molecule has 0 atom stereocenters. The van der Waals surface area contributed by atoms with Gasteiger partial charge in [0.1, 0.15) is 31.0 Å². The zero-order valence-corrected chi connectivity index (χ0v) is 19.8. The molecule has 0 radical (unpaired) electrons. The van der Waals surface area contributed by atoms with Gasteiger partial charge in [0, 0.05) is 5.56 Å². The number of benzene rings is 2. The molecular weight excluding hydrogens is 487 g/mol. The number of hydrogen-bond donors (Lipinski definition) is 0. The van der Waals surface area contributed by atoms with Gasteiger partial charge in [-0.15, -0.1) is 0 Å². The SMILES string of the molecule is COC(=O)c1cccc(C(F)(F)F)c1OCC[N+]1(Cc2ccccc2)CCCCCC1.[Br-]. The molecule has 2 aromatic rings. The van der Waals surface area contributed by atoms with E-state index in [4.69, 9.17) is 4.74 Å². The maximum Gasteiger partial charge on any atom is 0.419 e. The number of rotatable bonds is 7. The van der Waals surface area contributed by atoms with Crippen LogP contribution < -0.4 is 21.7 Å². The Labute approximate surface area is 197 Å². The molecule has 3 rings (SSSR count). The predicted molar refractivity (Wildman–Crippen MR) is 112 cm³/mol. The van der Waals surface area contributed by atoms with Crippen molar-refractivity contribution in [1.82, 2.24) is 0 Å². The molecule has 1 heterocycles. The zero-order chi connectivity index (χ0) is 22.3. The van der Waals surface area contributed by atoms with E-state index in [0.29, 0.717) is 6.54 Å². The van der Waals surface area contributed by atoms with E-state index in [9.17, 15) is 18.0 Å². The first-order valence-corrected chi connectivity index (χ1v) is 10.6. The lowest BCUT2D eigenvalue weighted by atomic mass is 10.1. The average molecular weight is 516 g/mol. The highest BCUT2D eigenvalue weighted by molar-refractivity contribution is 5.93. The quantitative estimate of drug-likeness (QED) is 0.419. The van der Waals surface area contributed by atoms with Crippen LogP contribution in [-0.4, -0.2) is 43.8 Å². The van der Waals surface area contributed by atoms with E-state index in [2.05, 4.69) is 16.9 Å². The fraction of sp³-hybridized carbons (Fsp3) is 0.458. The summed E-state index contributed by atoms with van der Waals surface area (Å²) >= 11 is 0. The van der Waals surface area contributed by atoms with Crippen molar-refractivity contribution in [2.24, 2.45) is 0 Å². The number of quaternary nitrogens is 1. The average Bonchev–Trinajstić information content (AvgIpc) is 2.99. The molecule has 0 saturated carbocycles. The number of para-hydroxylation sites is 1. The van der Waals surface area contributed by atoms with Gasteiger partial charge in [0.05, 0.1) is 25.8 Å². The fourth-order valence-corrected chi connectivity index (χ4v) is 4.32. The van der Waals surface area contributed by atoms with Gasteiger partial charge >= 0.3 is 12.1 Å². The second kappa shape index (κ2) is 11.7. The van der Waals surface area contributed by atoms with Gasteiger partial charge in [0.2, 0.25) is 0 Å². The monoisotopic (exact) mass is 515 g/mol. The van der Waals surface area contributed by atoms with Crippen molar-refractivity contribution >= 4 is 5.97 Å². The van der Waals surface area contributed by atoms with Gasteiger partial charge in [-0.05, 0) is 37.8 Å². The Bertz CT molecular complexity index is 867. The lowest BCUT2D eigenvalue weighted by Crippen LogP contribution is -3.00. The molecule has 1 saturated heterocycles. The largest absolute Gasteiger partial charge is 1.00 e. The van der Waals surface area contributed by atoms with Crippen LogP contribution in [0.15, 0.2) is 48.5 Å². The van der Waals surface area contributed by atoms with Crippen LogP contribution in [0.5, 0.6) is 5.75 Å². The van der Waals surface area contributed by atoms with E-state index < -0.39 is 23.5 Å². The minimum Gasteiger partial charge on any atom is -1.00 e. The van der Waals surface area contributed by atoms with Crippen molar-refractivity contribution in [1.29, 1.82) is 0 Å². The minimum atomic E-state index is -4.63. The molecule has 1 fully saturated rings. The topological polar surface area (TPSA) is 35.5 Å². The van der Waals surface area contributed by atoms with Crippen LogP contribution in [0.1, 0.15) is 47.2 Å². The summed E-state index contributed by atoms with van der Waals surface area (Å²) in [5, 5.41) is 0. The van der Waals surface area contributed by atoms with Crippen LogP contribution in [0.2, 0.25) is 0 Å². The number of alkyl halides is 3. The summed E-state index contributed by atoms with van der Waals surface area (Å²) in [4.78, 5) is 12.1. The Balaban J connectivity index is 0.00000363. The normalized spacial score (nSPS) is 15.9. The summed E-state index contributed by atoms with van der Waals surface area (Å²) in [6.07, 6.45) is -0.130. The highest BCUT2D eigenvalue weighted by Crippen LogP contribution is 2.38. The number of ether oxygens (including phenoxy) is 2. The zero-order valence-electron chi connectivity index (χ0n) is 18.2. The highest BCUT2D eigenvalue weighted by atomic mass is 79.9. The van der Waals surface area contributed by atoms with Gasteiger partial charge < -0.3 is 30.9 Å². The molecule has 8 heteroatoms. The first kappa shape index (κ1) is 26.2. The molecule has 0 spiro atoms. The van der Waals surface area contributed by atoms with Gasteiger partial charge in [-0.25, -0.2) is 4.79 Å². The second-order valence-electron chi connectivity index (χ2n) is 8.09. The molecule has 0 N–H and O–H groups in total. The number of carbonyl (C=O) groups is 1. The minimum absolute atomic E-state index is 0. The number of nitrogens with zero attached hydrogens (tertiary/aromatic N) is 1. The molecule has 176 valence electrons. The first-order valence-electron chi connectivity index (χ1n) is 10.6. The van der Waals surface area contributed by atoms with Crippen molar-refractivity contribution in [2.45, 2.75) is 38.4 Å². The number of esters is 1. The molecule has 32 heavy (non-hydrogen) atoms. The first-order chi connectivity index (χ1) is 14.8. The molecule has 2 aromatic carbocycles. The van der Waals surface area contributed by atoms with Crippen molar-refractivity contribution in [3.63, 3.8) is 0 Å². The number of likely N-dealkylation sites (tertiary alicyclic amines) is 1. The lowest BCUT2D eigenvalue weighted by Gasteiger charge is -2.38. The van der Waals surface area contributed by atoms with Crippen LogP contribution >= 0.6 is 0 Å². The van der Waals surface area contributed by atoms with E-state index in [0.717, 1.165) is 50.1 Å². The molecule has 1 aliphatic rings. The molecular formula is C24H29BrF3NO3.